The number of benzene rings is 1. The highest BCUT2D eigenvalue weighted by atomic mass is 16.7. The third kappa shape index (κ3) is 4.18. The quantitative estimate of drug-likeness (QED) is 0.282. The number of hydrogen-bond acceptors (Lipinski definition) is 8. The molecule has 1 aromatic carbocycles. The zero-order chi connectivity index (χ0) is 20.1. The number of aromatic nitrogens is 1. The van der Waals surface area contributed by atoms with Gasteiger partial charge in [-0.05, 0) is 42.2 Å². The van der Waals surface area contributed by atoms with Gasteiger partial charge in [0, 0.05) is 30.1 Å². The normalized spacial score (nSPS) is 10.6. The summed E-state index contributed by atoms with van der Waals surface area (Å²) in [5, 5.41) is 14.4. The Bertz CT molecular complexity index is 1020. The number of ether oxygens (including phenoxy) is 3. The van der Waals surface area contributed by atoms with Gasteiger partial charge in [-0.1, -0.05) is 0 Å². The molecule has 0 aliphatic heterocycles. The van der Waals surface area contributed by atoms with Crippen molar-refractivity contribution < 1.29 is 28.3 Å². The molecule has 10 nitrogen and oxygen atoms in total. The summed E-state index contributed by atoms with van der Waals surface area (Å²) < 4.78 is 21.2. The van der Waals surface area contributed by atoms with Crippen LogP contribution in [-0.4, -0.2) is 36.4 Å². The second-order valence-corrected chi connectivity index (χ2v) is 5.48. The summed E-state index contributed by atoms with van der Waals surface area (Å²) in [6.07, 6.45) is -0.780. The van der Waals surface area contributed by atoms with Crippen LogP contribution in [0.15, 0.2) is 40.8 Å². The molecular formula is C18H17N3O7. The minimum Gasteiger partial charge on any atom is -0.468 e. The lowest BCUT2D eigenvalue weighted by molar-refractivity contribution is -0.388. The molecular weight excluding hydrogens is 370 g/mol. The molecule has 0 aliphatic carbocycles. The van der Waals surface area contributed by atoms with Crippen molar-refractivity contribution in [2.45, 2.75) is 6.92 Å². The Hall–Kier alpha value is -3.66. The third-order valence-corrected chi connectivity index (χ3v) is 3.69. The SMILES string of the molecule is CCOCOc1ccc2oc(-c3ccc(OC(=O)NC)nc3[N+](=O)[O-])cc2c1. The molecule has 28 heavy (non-hydrogen) atoms. The van der Waals surface area contributed by atoms with Crippen LogP contribution in [0.1, 0.15) is 6.92 Å². The van der Waals surface area contributed by atoms with E-state index in [9.17, 15) is 14.9 Å². The van der Waals surface area contributed by atoms with Crippen LogP contribution in [0.25, 0.3) is 22.3 Å². The molecule has 1 amide bonds. The highest BCUT2D eigenvalue weighted by Gasteiger charge is 2.23. The number of hydrogen-bond donors (Lipinski definition) is 1. The fourth-order valence-corrected chi connectivity index (χ4v) is 2.40. The first-order chi connectivity index (χ1) is 13.5. The van der Waals surface area contributed by atoms with Crippen molar-refractivity contribution in [3.63, 3.8) is 0 Å². The molecule has 3 rings (SSSR count). The Morgan fingerprint density at radius 2 is 2.11 bits per heavy atom. The van der Waals surface area contributed by atoms with Crippen molar-refractivity contribution in [2.24, 2.45) is 0 Å². The van der Waals surface area contributed by atoms with Gasteiger partial charge in [-0.3, -0.25) is 0 Å². The number of nitro groups is 1. The number of carbonyl (C=O) groups is 1. The van der Waals surface area contributed by atoms with Crippen molar-refractivity contribution in [2.75, 3.05) is 20.4 Å². The topological polar surface area (TPSA) is 126 Å². The van der Waals surface area contributed by atoms with Crippen molar-refractivity contribution in [3.05, 3.63) is 46.5 Å². The number of pyridine rings is 1. The van der Waals surface area contributed by atoms with Crippen LogP contribution < -0.4 is 14.8 Å². The molecule has 0 saturated heterocycles. The predicted molar refractivity (Wildman–Crippen MR) is 98.3 cm³/mol. The molecule has 0 unspecified atom stereocenters. The Labute approximate surface area is 159 Å². The number of furan rings is 1. The first-order valence-electron chi connectivity index (χ1n) is 8.31. The van der Waals surface area contributed by atoms with Gasteiger partial charge >= 0.3 is 17.8 Å². The number of rotatable bonds is 7. The minimum atomic E-state index is -0.780. The van der Waals surface area contributed by atoms with Gasteiger partial charge in [0.25, 0.3) is 0 Å². The molecule has 10 heteroatoms. The molecule has 2 aromatic heterocycles. The zero-order valence-electron chi connectivity index (χ0n) is 15.1. The van der Waals surface area contributed by atoms with E-state index in [1.807, 2.05) is 6.92 Å². The Morgan fingerprint density at radius 1 is 1.29 bits per heavy atom. The minimum absolute atomic E-state index is 0.120. The fourth-order valence-electron chi connectivity index (χ4n) is 2.40. The standard InChI is InChI=1S/C18H17N3O7/c1-3-25-10-26-12-4-6-14-11(8-12)9-15(27-14)13-5-7-16(28-18(22)19-2)20-17(13)21(23)24/h4-9H,3,10H2,1-2H3,(H,19,22). The summed E-state index contributed by atoms with van der Waals surface area (Å²) in [5.74, 6) is 0.142. The van der Waals surface area contributed by atoms with Gasteiger partial charge in [-0.2, -0.15) is 0 Å². The fraction of sp³-hybridized carbons (Fsp3) is 0.222. The van der Waals surface area contributed by atoms with Gasteiger partial charge in [-0.25, -0.2) is 4.79 Å². The monoisotopic (exact) mass is 387 g/mol. The molecule has 0 bridgehead atoms. The van der Waals surface area contributed by atoms with E-state index in [0.29, 0.717) is 23.3 Å². The second kappa shape index (κ2) is 8.35. The van der Waals surface area contributed by atoms with Crippen molar-refractivity contribution in [1.82, 2.24) is 10.3 Å². The molecule has 1 N–H and O–H groups in total. The van der Waals surface area contributed by atoms with Crippen molar-refractivity contribution >= 4 is 22.9 Å². The number of nitrogens with one attached hydrogen (secondary N) is 1. The van der Waals surface area contributed by atoms with E-state index in [1.54, 1.807) is 24.3 Å². The van der Waals surface area contributed by atoms with E-state index >= 15 is 0 Å². The molecule has 2 heterocycles. The molecule has 0 saturated carbocycles. The first-order valence-corrected chi connectivity index (χ1v) is 8.31. The summed E-state index contributed by atoms with van der Waals surface area (Å²) in [5.41, 5.74) is 0.681. The lowest BCUT2D eigenvalue weighted by atomic mass is 10.2. The summed E-state index contributed by atoms with van der Waals surface area (Å²) in [6.45, 7) is 2.52. The van der Waals surface area contributed by atoms with Crippen molar-refractivity contribution in [3.8, 4) is 23.0 Å². The van der Waals surface area contributed by atoms with E-state index in [2.05, 4.69) is 10.3 Å². The van der Waals surface area contributed by atoms with Crippen LogP contribution in [0.3, 0.4) is 0 Å². The predicted octanol–water partition coefficient (Wildman–Crippen LogP) is 3.49. The maximum atomic E-state index is 11.4. The molecule has 0 spiro atoms. The Morgan fingerprint density at radius 3 is 2.82 bits per heavy atom. The molecule has 0 radical (unpaired) electrons. The van der Waals surface area contributed by atoms with Gasteiger partial charge in [-0.15, -0.1) is 0 Å². The van der Waals surface area contributed by atoms with Crippen LogP contribution >= 0.6 is 0 Å². The van der Waals surface area contributed by atoms with Crippen molar-refractivity contribution in [1.29, 1.82) is 0 Å². The lowest BCUT2D eigenvalue weighted by Gasteiger charge is -2.04. The van der Waals surface area contributed by atoms with E-state index in [0.717, 1.165) is 0 Å². The van der Waals surface area contributed by atoms with E-state index in [4.69, 9.17) is 18.6 Å². The van der Waals surface area contributed by atoms with Gasteiger partial charge in [0.05, 0.1) is 0 Å². The molecule has 0 atom stereocenters. The largest absolute Gasteiger partial charge is 0.468 e. The van der Waals surface area contributed by atoms with Crippen LogP contribution in [0.2, 0.25) is 0 Å². The summed E-state index contributed by atoms with van der Waals surface area (Å²) >= 11 is 0. The summed E-state index contributed by atoms with van der Waals surface area (Å²) in [6, 6.07) is 9.55. The second-order valence-electron chi connectivity index (χ2n) is 5.48. The average molecular weight is 387 g/mol. The van der Waals surface area contributed by atoms with Gasteiger partial charge in [0.2, 0.25) is 0 Å². The molecule has 0 aliphatic rings. The van der Waals surface area contributed by atoms with Gasteiger partial charge < -0.3 is 34.1 Å². The van der Waals surface area contributed by atoms with Crippen LogP contribution in [0.5, 0.6) is 11.6 Å². The highest BCUT2D eigenvalue weighted by molar-refractivity contribution is 5.85. The van der Waals surface area contributed by atoms with Gasteiger partial charge in [0.1, 0.15) is 22.7 Å². The Kier molecular flexibility index (Phi) is 5.70. The number of fused-ring (bicyclic) bond motifs is 1. The summed E-state index contributed by atoms with van der Waals surface area (Å²) in [4.78, 5) is 25.8. The average Bonchev–Trinajstić information content (AvgIpc) is 3.11. The van der Waals surface area contributed by atoms with Crippen LogP contribution in [0, 0.1) is 10.1 Å². The molecule has 3 aromatic rings. The van der Waals surface area contributed by atoms with Crippen LogP contribution in [0.4, 0.5) is 10.6 Å². The number of nitrogens with zero attached hydrogens (tertiary/aromatic N) is 2. The smallest absolute Gasteiger partial charge is 0.415 e. The third-order valence-electron chi connectivity index (χ3n) is 3.69. The maximum absolute atomic E-state index is 11.4. The maximum Gasteiger partial charge on any atom is 0.415 e. The number of amides is 1. The molecule has 0 fully saturated rings. The van der Waals surface area contributed by atoms with E-state index in [-0.39, 0.29) is 24.0 Å². The lowest BCUT2D eigenvalue weighted by Crippen LogP contribution is -2.22. The number of carbonyl (C=O) groups excluding carboxylic acids is 1. The Balaban J connectivity index is 1.94. The zero-order valence-corrected chi connectivity index (χ0v) is 15.1. The van der Waals surface area contributed by atoms with E-state index in [1.165, 1.54) is 19.2 Å². The summed E-state index contributed by atoms with van der Waals surface area (Å²) in [7, 11) is 1.37. The van der Waals surface area contributed by atoms with Gasteiger partial charge in [0.15, 0.2) is 6.79 Å². The first kappa shape index (κ1) is 19.1. The van der Waals surface area contributed by atoms with Crippen LogP contribution in [-0.2, 0) is 4.74 Å². The molecule has 146 valence electrons. The highest BCUT2D eigenvalue weighted by Crippen LogP contribution is 2.35. The van der Waals surface area contributed by atoms with E-state index < -0.39 is 16.8 Å².